The maximum atomic E-state index is 5.66. The van der Waals surface area contributed by atoms with E-state index in [1.807, 2.05) is 6.92 Å². The van der Waals surface area contributed by atoms with Crippen LogP contribution in [0.2, 0.25) is 0 Å². The van der Waals surface area contributed by atoms with E-state index in [1.165, 1.54) is 11.3 Å². The summed E-state index contributed by atoms with van der Waals surface area (Å²) in [5.41, 5.74) is 5.86. The summed E-state index contributed by atoms with van der Waals surface area (Å²) in [5.74, 6) is 1.32. The van der Waals surface area contributed by atoms with Crippen LogP contribution in [0.1, 0.15) is 24.9 Å². The average molecular weight is 417 g/mol. The number of nitrogens with zero attached hydrogens (tertiary/aromatic N) is 2. The van der Waals surface area contributed by atoms with Gasteiger partial charge in [0.2, 0.25) is 0 Å². The van der Waals surface area contributed by atoms with Gasteiger partial charge in [0.15, 0.2) is 0 Å². The lowest BCUT2D eigenvalue weighted by molar-refractivity contribution is 0.272. The van der Waals surface area contributed by atoms with Crippen LogP contribution < -0.4 is 10.2 Å². The molecule has 2 unspecified atom stereocenters. The Bertz CT molecular complexity index is 553. The van der Waals surface area contributed by atoms with E-state index < -0.39 is 0 Å². The molecule has 1 fully saturated rings. The highest BCUT2D eigenvalue weighted by Crippen LogP contribution is 2.39. The maximum Gasteiger partial charge on any atom is 0.147 e. The van der Waals surface area contributed by atoms with E-state index in [0.29, 0.717) is 12.5 Å². The second kappa shape index (κ2) is 6.26. The van der Waals surface area contributed by atoms with Crippen LogP contribution in [0.3, 0.4) is 0 Å². The van der Waals surface area contributed by atoms with Crippen molar-refractivity contribution in [3.63, 3.8) is 0 Å². The number of piperidine rings is 1. The first-order valence-electron chi connectivity index (χ1n) is 7.22. The summed E-state index contributed by atoms with van der Waals surface area (Å²) in [4.78, 5) is 2.38. The third kappa shape index (κ3) is 2.98. The summed E-state index contributed by atoms with van der Waals surface area (Å²) in [7, 11) is 2.18. The van der Waals surface area contributed by atoms with Gasteiger partial charge < -0.3 is 15.1 Å². The molecule has 1 saturated heterocycles. The van der Waals surface area contributed by atoms with E-state index in [0.717, 1.165) is 34.2 Å². The molecule has 3 rings (SSSR count). The van der Waals surface area contributed by atoms with Gasteiger partial charge in [-0.05, 0) is 63.5 Å². The fraction of sp³-hybridized carbons (Fsp3) is 0.533. The fourth-order valence-electron chi connectivity index (χ4n) is 3.05. The van der Waals surface area contributed by atoms with Crippen molar-refractivity contribution >= 4 is 37.6 Å². The molecule has 1 N–H and O–H groups in total. The highest BCUT2D eigenvalue weighted by atomic mass is 79.9. The molecule has 0 spiro atoms. The van der Waals surface area contributed by atoms with Crippen molar-refractivity contribution in [1.82, 2.24) is 10.3 Å². The van der Waals surface area contributed by atoms with Crippen LogP contribution in [0.15, 0.2) is 26.2 Å². The Balaban J connectivity index is 1.88. The zero-order valence-electron chi connectivity index (χ0n) is 12.2. The lowest BCUT2D eigenvalue weighted by Crippen LogP contribution is -2.39. The molecule has 2 atom stereocenters. The summed E-state index contributed by atoms with van der Waals surface area (Å²) >= 11 is 7.23. The van der Waals surface area contributed by atoms with E-state index >= 15 is 0 Å². The summed E-state index contributed by atoms with van der Waals surface area (Å²) in [6.45, 7) is 4.79. The first-order valence-corrected chi connectivity index (χ1v) is 8.81. The number of hydrogen-bond donors (Lipinski definition) is 1. The fourth-order valence-corrected chi connectivity index (χ4v) is 4.50. The lowest BCUT2D eigenvalue weighted by Gasteiger charge is -2.31. The van der Waals surface area contributed by atoms with Crippen molar-refractivity contribution in [1.29, 1.82) is 0 Å². The molecule has 2 aliphatic rings. The standard InChI is InChI=1S/C15H19Br2N3O/c1-3-21-15-11(16)6-9(7-12(15)17)14-10-8-20(2)5-4-13(10)18-19-14/h6-7,10,14,19H,3-5,8H2,1-2H3. The second-order valence-electron chi connectivity index (χ2n) is 5.58. The first kappa shape index (κ1) is 15.3. The minimum absolute atomic E-state index is 0.242. The Morgan fingerprint density at radius 3 is 2.76 bits per heavy atom. The van der Waals surface area contributed by atoms with Crippen LogP contribution in [0.5, 0.6) is 5.75 Å². The van der Waals surface area contributed by atoms with Gasteiger partial charge in [0, 0.05) is 31.1 Å². The first-order chi connectivity index (χ1) is 10.1. The van der Waals surface area contributed by atoms with Gasteiger partial charge in [-0.25, -0.2) is 0 Å². The van der Waals surface area contributed by atoms with Crippen molar-refractivity contribution in [3.05, 3.63) is 26.6 Å². The molecule has 0 bridgehead atoms. The number of likely N-dealkylation sites (tertiary alicyclic amines) is 1. The van der Waals surface area contributed by atoms with Crippen LogP contribution in [0.25, 0.3) is 0 Å². The zero-order chi connectivity index (χ0) is 15.0. The molecule has 4 nitrogen and oxygen atoms in total. The largest absolute Gasteiger partial charge is 0.492 e. The third-order valence-electron chi connectivity index (χ3n) is 4.10. The Labute approximate surface area is 142 Å². The van der Waals surface area contributed by atoms with E-state index in [9.17, 15) is 0 Å². The van der Waals surface area contributed by atoms with E-state index in [2.05, 4.69) is 66.5 Å². The lowest BCUT2D eigenvalue weighted by atomic mass is 9.86. The highest BCUT2D eigenvalue weighted by molar-refractivity contribution is 9.11. The number of ether oxygens (including phenoxy) is 1. The molecule has 0 saturated carbocycles. The predicted molar refractivity (Wildman–Crippen MR) is 91.9 cm³/mol. The summed E-state index contributed by atoms with van der Waals surface area (Å²) in [6, 6.07) is 4.52. The van der Waals surface area contributed by atoms with Gasteiger partial charge in [0.05, 0.1) is 21.6 Å². The summed E-state index contributed by atoms with van der Waals surface area (Å²) < 4.78 is 7.62. The summed E-state index contributed by atoms with van der Waals surface area (Å²) in [6.07, 6.45) is 1.06. The van der Waals surface area contributed by atoms with Crippen molar-refractivity contribution in [2.24, 2.45) is 11.0 Å². The van der Waals surface area contributed by atoms with Crippen LogP contribution >= 0.6 is 31.9 Å². The molecule has 1 aromatic rings. The summed E-state index contributed by atoms with van der Waals surface area (Å²) in [5, 5.41) is 4.55. The van der Waals surface area contributed by atoms with Crippen molar-refractivity contribution < 1.29 is 4.74 Å². The van der Waals surface area contributed by atoms with Crippen molar-refractivity contribution in [2.45, 2.75) is 19.4 Å². The molecule has 21 heavy (non-hydrogen) atoms. The zero-order valence-corrected chi connectivity index (χ0v) is 15.4. The Hall–Kier alpha value is -0.590. The quantitative estimate of drug-likeness (QED) is 0.818. The molecule has 0 aliphatic carbocycles. The normalized spacial score (nSPS) is 25.2. The molecule has 0 aromatic heterocycles. The van der Waals surface area contributed by atoms with Gasteiger partial charge in [-0.15, -0.1) is 0 Å². The topological polar surface area (TPSA) is 36.9 Å². The van der Waals surface area contributed by atoms with E-state index in [-0.39, 0.29) is 6.04 Å². The Morgan fingerprint density at radius 1 is 1.38 bits per heavy atom. The number of rotatable bonds is 3. The molecule has 0 radical (unpaired) electrons. The van der Waals surface area contributed by atoms with Crippen LogP contribution in [-0.4, -0.2) is 37.4 Å². The minimum Gasteiger partial charge on any atom is -0.492 e. The van der Waals surface area contributed by atoms with Crippen LogP contribution in [0, 0.1) is 5.92 Å². The van der Waals surface area contributed by atoms with E-state index in [1.54, 1.807) is 0 Å². The van der Waals surface area contributed by atoms with Gasteiger partial charge in [-0.2, -0.15) is 5.10 Å². The monoisotopic (exact) mass is 415 g/mol. The number of hydrazone groups is 1. The van der Waals surface area contributed by atoms with Crippen molar-refractivity contribution in [2.75, 3.05) is 26.7 Å². The molecular formula is C15H19Br2N3O. The van der Waals surface area contributed by atoms with Crippen LogP contribution in [0.4, 0.5) is 0 Å². The predicted octanol–water partition coefficient (Wildman–Crippen LogP) is 3.56. The minimum atomic E-state index is 0.242. The SMILES string of the molecule is CCOc1c(Br)cc(C2NN=C3CCN(C)CC32)cc1Br. The smallest absolute Gasteiger partial charge is 0.147 e. The van der Waals surface area contributed by atoms with Crippen LogP contribution in [-0.2, 0) is 0 Å². The Morgan fingerprint density at radius 2 is 2.10 bits per heavy atom. The van der Waals surface area contributed by atoms with Gasteiger partial charge >= 0.3 is 0 Å². The second-order valence-corrected chi connectivity index (χ2v) is 7.28. The molecule has 1 aromatic carbocycles. The van der Waals surface area contributed by atoms with Crippen molar-refractivity contribution in [3.8, 4) is 5.75 Å². The van der Waals surface area contributed by atoms with Gasteiger partial charge in [-0.3, -0.25) is 0 Å². The molecule has 6 heteroatoms. The van der Waals surface area contributed by atoms with Gasteiger partial charge in [0.25, 0.3) is 0 Å². The number of halogens is 2. The van der Waals surface area contributed by atoms with E-state index in [4.69, 9.17) is 4.74 Å². The average Bonchev–Trinajstić information content (AvgIpc) is 2.85. The Kier molecular flexibility index (Phi) is 4.57. The highest BCUT2D eigenvalue weighted by Gasteiger charge is 2.36. The number of nitrogens with one attached hydrogen (secondary N) is 1. The van der Waals surface area contributed by atoms with Gasteiger partial charge in [0.1, 0.15) is 5.75 Å². The maximum absolute atomic E-state index is 5.66. The molecule has 2 heterocycles. The van der Waals surface area contributed by atoms with Gasteiger partial charge in [-0.1, -0.05) is 0 Å². The molecule has 2 aliphatic heterocycles. The third-order valence-corrected chi connectivity index (χ3v) is 5.28. The molecule has 114 valence electrons. The number of hydrogen-bond acceptors (Lipinski definition) is 4. The molecular weight excluding hydrogens is 398 g/mol. The number of fused-ring (bicyclic) bond motifs is 1. The number of benzene rings is 1. The molecule has 0 amide bonds.